The van der Waals surface area contributed by atoms with E-state index in [0.717, 1.165) is 22.4 Å². The summed E-state index contributed by atoms with van der Waals surface area (Å²) < 4.78 is 11.2. The van der Waals surface area contributed by atoms with Crippen molar-refractivity contribution in [1.29, 1.82) is 5.26 Å². The minimum atomic E-state index is -0.460. The van der Waals surface area contributed by atoms with Crippen LogP contribution in [-0.2, 0) is 4.79 Å². The molecule has 0 aromatic heterocycles. The fraction of sp³-hybridized carbons (Fsp3) is 0.238. The first-order valence-corrected chi connectivity index (χ1v) is 9.02. The van der Waals surface area contributed by atoms with E-state index in [9.17, 15) is 10.1 Å². The highest BCUT2D eigenvalue weighted by Gasteiger charge is 2.15. The maximum atomic E-state index is 12.6. The van der Waals surface area contributed by atoms with Crippen molar-refractivity contribution in [2.45, 2.75) is 20.8 Å². The van der Waals surface area contributed by atoms with Crippen LogP contribution in [0.15, 0.2) is 34.3 Å². The van der Waals surface area contributed by atoms with E-state index >= 15 is 0 Å². The highest BCUT2D eigenvalue weighted by Crippen LogP contribution is 2.36. The van der Waals surface area contributed by atoms with Crippen molar-refractivity contribution in [1.82, 2.24) is 0 Å². The lowest BCUT2D eigenvalue weighted by molar-refractivity contribution is -0.112. The Morgan fingerprint density at radius 3 is 2.26 bits per heavy atom. The molecule has 6 heteroatoms. The van der Waals surface area contributed by atoms with Crippen LogP contribution >= 0.6 is 15.9 Å². The summed E-state index contributed by atoms with van der Waals surface area (Å²) in [6, 6.07) is 9.41. The van der Waals surface area contributed by atoms with Crippen LogP contribution in [0.3, 0.4) is 0 Å². The predicted octanol–water partition coefficient (Wildman–Crippen LogP) is 4.94. The van der Waals surface area contributed by atoms with Gasteiger partial charge in [0, 0.05) is 5.69 Å². The molecule has 140 valence electrons. The molecule has 0 saturated carbocycles. The number of hydrogen-bond acceptors (Lipinski definition) is 4. The van der Waals surface area contributed by atoms with E-state index in [1.165, 1.54) is 13.2 Å². The SMILES string of the molecule is COc1cc(C=C(C#N)C(=O)Nc2c(C)cc(C)cc2C)cc(Br)c1OC. The molecule has 0 unspecified atom stereocenters. The van der Waals surface area contributed by atoms with E-state index in [0.29, 0.717) is 21.5 Å². The third-order valence-corrected chi connectivity index (χ3v) is 4.64. The first-order chi connectivity index (χ1) is 12.8. The summed E-state index contributed by atoms with van der Waals surface area (Å²) in [5.74, 6) is 0.586. The Hall–Kier alpha value is -2.78. The number of rotatable bonds is 5. The van der Waals surface area contributed by atoms with Crippen LogP contribution in [0.4, 0.5) is 5.69 Å². The first-order valence-electron chi connectivity index (χ1n) is 8.23. The maximum Gasteiger partial charge on any atom is 0.266 e. The fourth-order valence-corrected chi connectivity index (χ4v) is 3.52. The van der Waals surface area contributed by atoms with E-state index in [4.69, 9.17) is 9.47 Å². The van der Waals surface area contributed by atoms with Crippen molar-refractivity contribution in [2.24, 2.45) is 0 Å². The summed E-state index contributed by atoms with van der Waals surface area (Å²) in [4.78, 5) is 12.6. The lowest BCUT2D eigenvalue weighted by Gasteiger charge is -2.13. The smallest absolute Gasteiger partial charge is 0.266 e. The number of ether oxygens (including phenoxy) is 2. The molecular weight excluding hydrogens is 408 g/mol. The molecule has 2 aromatic carbocycles. The molecule has 0 atom stereocenters. The molecule has 0 aliphatic heterocycles. The Morgan fingerprint density at radius 2 is 1.74 bits per heavy atom. The second-order valence-electron chi connectivity index (χ2n) is 6.14. The first kappa shape index (κ1) is 20.5. The zero-order valence-corrected chi connectivity index (χ0v) is 17.5. The molecule has 0 heterocycles. The van der Waals surface area contributed by atoms with E-state index < -0.39 is 5.91 Å². The summed E-state index contributed by atoms with van der Waals surface area (Å²) in [5.41, 5.74) is 4.38. The van der Waals surface area contributed by atoms with Gasteiger partial charge in [0.15, 0.2) is 11.5 Å². The van der Waals surface area contributed by atoms with Crippen molar-refractivity contribution in [3.05, 3.63) is 56.6 Å². The van der Waals surface area contributed by atoms with Gasteiger partial charge in [0.25, 0.3) is 5.91 Å². The summed E-state index contributed by atoms with van der Waals surface area (Å²) in [7, 11) is 3.07. The molecule has 2 rings (SSSR count). The van der Waals surface area contributed by atoms with Gasteiger partial charge in [0.1, 0.15) is 11.6 Å². The Labute approximate surface area is 167 Å². The van der Waals surface area contributed by atoms with Crippen molar-refractivity contribution >= 4 is 33.6 Å². The maximum absolute atomic E-state index is 12.6. The molecule has 0 radical (unpaired) electrons. The van der Waals surface area contributed by atoms with Crippen LogP contribution in [-0.4, -0.2) is 20.1 Å². The Bertz CT molecular complexity index is 936. The van der Waals surface area contributed by atoms with Crippen LogP contribution < -0.4 is 14.8 Å². The third kappa shape index (κ3) is 4.69. The summed E-state index contributed by atoms with van der Waals surface area (Å²) in [5, 5.41) is 12.3. The molecule has 0 aliphatic rings. The largest absolute Gasteiger partial charge is 0.493 e. The van der Waals surface area contributed by atoms with Crippen molar-refractivity contribution in [3.8, 4) is 17.6 Å². The van der Waals surface area contributed by atoms with Gasteiger partial charge in [-0.3, -0.25) is 4.79 Å². The molecule has 0 saturated heterocycles. The summed E-state index contributed by atoms with van der Waals surface area (Å²) in [6.45, 7) is 5.86. The quantitative estimate of drug-likeness (QED) is 0.540. The Morgan fingerprint density at radius 1 is 1.11 bits per heavy atom. The van der Waals surface area contributed by atoms with Crippen LogP contribution in [0.2, 0.25) is 0 Å². The molecule has 0 bridgehead atoms. The molecule has 0 aliphatic carbocycles. The number of amides is 1. The monoisotopic (exact) mass is 428 g/mol. The minimum Gasteiger partial charge on any atom is -0.493 e. The van der Waals surface area contributed by atoms with Crippen molar-refractivity contribution < 1.29 is 14.3 Å². The summed E-state index contributed by atoms with van der Waals surface area (Å²) >= 11 is 3.41. The highest BCUT2D eigenvalue weighted by atomic mass is 79.9. The van der Waals surface area contributed by atoms with E-state index in [1.807, 2.05) is 39.0 Å². The number of benzene rings is 2. The van der Waals surface area contributed by atoms with Gasteiger partial charge in [0.2, 0.25) is 0 Å². The standard InChI is InChI=1S/C21H21BrN2O3/c1-12-6-13(2)19(14(3)7-12)24-21(25)16(11-23)8-15-9-17(22)20(27-5)18(10-15)26-4/h6-10H,1-5H3,(H,24,25). The number of nitrogens with zero attached hydrogens (tertiary/aromatic N) is 1. The van der Waals surface area contributed by atoms with Gasteiger partial charge in [-0.25, -0.2) is 0 Å². The van der Waals surface area contributed by atoms with Gasteiger partial charge >= 0.3 is 0 Å². The lowest BCUT2D eigenvalue weighted by atomic mass is 10.0. The second-order valence-corrected chi connectivity index (χ2v) is 6.99. The number of carbonyl (C=O) groups is 1. The highest BCUT2D eigenvalue weighted by molar-refractivity contribution is 9.10. The van der Waals surface area contributed by atoms with Gasteiger partial charge in [0.05, 0.1) is 18.7 Å². The van der Waals surface area contributed by atoms with Crippen LogP contribution in [0, 0.1) is 32.1 Å². The molecular formula is C21H21BrN2O3. The Kier molecular flexibility index (Phi) is 6.65. The average Bonchev–Trinajstić information content (AvgIpc) is 2.61. The molecule has 0 spiro atoms. The number of aryl methyl sites for hydroxylation is 3. The fourth-order valence-electron chi connectivity index (χ4n) is 2.89. The zero-order chi connectivity index (χ0) is 20.1. The molecule has 2 aromatic rings. The van der Waals surface area contributed by atoms with E-state index in [1.54, 1.807) is 19.2 Å². The van der Waals surface area contributed by atoms with Gasteiger partial charge in [-0.2, -0.15) is 5.26 Å². The molecule has 1 N–H and O–H groups in total. The van der Waals surface area contributed by atoms with E-state index in [2.05, 4.69) is 21.2 Å². The van der Waals surface area contributed by atoms with Crippen LogP contribution in [0.25, 0.3) is 6.08 Å². The third-order valence-electron chi connectivity index (χ3n) is 4.05. The number of nitrogens with one attached hydrogen (secondary N) is 1. The molecule has 0 fully saturated rings. The number of methoxy groups -OCH3 is 2. The van der Waals surface area contributed by atoms with E-state index in [-0.39, 0.29) is 5.57 Å². The average molecular weight is 429 g/mol. The molecule has 1 amide bonds. The Balaban J connectivity index is 2.38. The van der Waals surface area contributed by atoms with Gasteiger partial charge in [-0.1, -0.05) is 17.7 Å². The van der Waals surface area contributed by atoms with Gasteiger partial charge in [-0.05, 0) is 71.6 Å². The second kappa shape index (κ2) is 8.74. The van der Waals surface area contributed by atoms with Crippen molar-refractivity contribution in [2.75, 3.05) is 19.5 Å². The normalized spacial score (nSPS) is 10.9. The van der Waals surface area contributed by atoms with Crippen molar-refractivity contribution in [3.63, 3.8) is 0 Å². The number of halogens is 1. The molecule has 5 nitrogen and oxygen atoms in total. The lowest BCUT2D eigenvalue weighted by Crippen LogP contribution is -2.15. The molecule has 27 heavy (non-hydrogen) atoms. The zero-order valence-electron chi connectivity index (χ0n) is 15.9. The van der Waals surface area contributed by atoms with Crippen LogP contribution in [0.1, 0.15) is 22.3 Å². The van der Waals surface area contributed by atoms with Gasteiger partial charge in [-0.15, -0.1) is 0 Å². The summed E-state index contributed by atoms with van der Waals surface area (Å²) in [6.07, 6.45) is 1.51. The minimum absolute atomic E-state index is 0.00602. The topological polar surface area (TPSA) is 71.3 Å². The van der Waals surface area contributed by atoms with Gasteiger partial charge < -0.3 is 14.8 Å². The number of anilines is 1. The van der Waals surface area contributed by atoms with Crippen LogP contribution in [0.5, 0.6) is 11.5 Å². The number of nitriles is 1. The number of hydrogen-bond donors (Lipinski definition) is 1. The number of carbonyl (C=O) groups excluding carboxylic acids is 1. The predicted molar refractivity (Wildman–Crippen MR) is 110 cm³/mol.